The molecule has 0 aliphatic carbocycles. The standard InChI is InChI=1S/C17H13N3O2/c1-11-6-8-12(9-7-11)16(19-20-18)14-10-22-15-5-3-2-4-13(15)17(14)21/h2-10,16H,1H3. The van der Waals surface area contributed by atoms with E-state index in [1.54, 1.807) is 24.3 Å². The van der Waals surface area contributed by atoms with Gasteiger partial charge in [-0.1, -0.05) is 47.1 Å². The Bertz CT molecular complexity index is 923. The second-order valence-electron chi connectivity index (χ2n) is 5.03. The molecule has 0 saturated carbocycles. The SMILES string of the molecule is Cc1ccc(C(N=[N+]=[N-])c2coc3ccccc3c2=O)cc1. The smallest absolute Gasteiger partial charge is 0.196 e. The van der Waals surface area contributed by atoms with E-state index in [1.807, 2.05) is 31.2 Å². The van der Waals surface area contributed by atoms with E-state index in [-0.39, 0.29) is 5.43 Å². The van der Waals surface area contributed by atoms with E-state index in [1.165, 1.54) is 6.26 Å². The van der Waals surface area contributed by atoms with E-state index >= 15 is 0 Å². The Morgan fingerprint density at radius 3 is 2.59 bits per heavy atom. The van der Waals surface area contributed by atoms with E-state index in [0.29, 0.717) is 16.5 Å². The van der Waals surface area contributed by atoms with Gasteiger partial charge >= 0.3 is 0 Å². The topological polar surface area (TPSA) is 79.0 Å². The first-order chi connectivity index (χ1) is 10.7. The lowest BCUT2D eigenvalue weighted by molar-refractivity contribution is 0.586. The van der Waals surface area contributed by atoms with Crippen molar-refractivity contribution >= 4 is 11.0 Å². The molecule has 1 atom stereocenters. The van der Waals surface area contributed by atoms with Crippen LogP contribution in [0.1, 0.15) is 22.7 Å². The van der Waals surface area contributed by atoms with Gasteiger partial charge in [-0.2, -0.15) is 0 Å². The molecule has 3 rings (SSSR count). The molecule has 5 heteroatoms. The molecule has 0 N–H and O–H groups in total. The predicted octanol–water partition coefficient (Wildman–Crippen LogP) is 4.50. The number of nitrogens with zero attached hydrogens (tertiary/aromatic N) is 3. The van der Waals surface area contributed by atoms with E-state index in [2.05, 4.69) is 10.0 Å². The third-order valence-corrected chi connectivity index (χ3v) is 3.56. The van der Waals surface area contributed by atoms with Gasteiger partial charge in [0.1, 0.15) is 5.58 Å². The molecule has 1 aromatic heterocycles. The molecule has 1 heterocycles. The van der Waals surface area contributed by atoms with Crippen LogP contribution in [-0.2, 0) is 0 Å². The third kappa shape index (κ3) is 2.45. The predicted molar refractivity (Wildman–Crippen MR) is 84.7 cm³/mol. The Labute approximate surface area is 126 Å². The minimum absolute atomic E-state index is 0.181. The summed E-state index contributed by atoms with van der Waals surface area (Å²) in [5.74, 6) is 0. The van der Waals surface area contributed by atoms with Crippen molar-refractivity contribution in [3.63, 3.8) is 0 Å². The zero-order chi connectivity index (χ0) is 15.5. The van der Waals surface area contributed by atoms with Gasteiger partial charge in [0.15, 0.2) is 5.43 Å². The lowest BCUT2D eigenvalue weighted by atomic mass is 9.99. The Hall–Kier alpha value is -3.04. The van der Waals surface area contributed by atoms with Gasteiger partial charge in [0, 0.05) is 10.5 Å². The molecule has 0 bridgehead atoms. The fraction of sp³-hybridized carbons (Fsp3) is 0.118. The number of aryl methyl sites for hydroxylation is 1. The second kappa shape index (κ2) is 5.76. The minimum atomic E-state index is -0.702. The van der Waals surface area contributed by atoms with Crippen molar-refractivity contribution in [1.82, 2.24) is 0 Å². The van der Waals surface area contributed by atoms with E-state index < -0.39 is 6.04 Å². The quantitative estimate of drug-likeness (QED) is 0.404. The molecule has 1 unspecified atom stereocenters. The van der Waals surface area contributed by atoms with Gasteiger partial charge in [0.25, 0.3) is 0 Å². The first-order valence-corrected chi connectivity index (χ1v) is 6.82. The van der Waals surface area contributed by atoms with Gasteiger partial charge in [0.05, 0.1) is 17.7 Å². The number of para-hydroxylation sites is 1. The van der Waals surface area contributed by atoms with Crippen LogP contribution in [0.25, 0.3) is 21.4 Å². The number of azide groups is 1. The summed E-state index contributed by atoms with van der Waals surface area (Å²) in [6.07, 6.45) is 1.38. The summed E-state index contributed by atoms with van der Waals surface area (Å²) in [4.78, 5) is 15.5. The molecule has 0 aliphatic rings. The molecule has 0 aliphatic heterocycles. The zero-order valence-corrected chi connectivity index (χ0v) is 11.9. The van der Waals surface area contributed by atoms with Crippen LogP contribution in [0.4, 0.5) is 0 Å². The van der Waals surface area contributed by atoms with E-state index in [4.69, 9.17) is 9.95 Å². The summed E-state index contributed by atoms with van der Waals surface area (Å²) in [6.45, 7) is 1.97. The summed E-state index contributed by atoms with van der Waals surface area (Å²) < 4.78 is 5.51. The van der Waals surface area contributed by atoms with E-state index in [0.717, 1.165) is 11.1 Å². The summed E-state index contributed by atoms with van der Waals surface area (Å²) >= 11 is 0. The lowest BCUT2D eigenvalue weighted by Crippen LogP contribution is -2.13. The molecule has 0 saturated heterocycles. The summed E-state index contributed by atoms with van der Waals surface area (Å²) in [6, 6.07) is 13.8. The molecular formula is C17H13N3O2. The van der Waals surface area contributed by atoms with Crippen LogP contribution < -0.4 is 5.43 Å². The van der Waals surface area contributed by atoms with Crippen LogP contribution in [0.5, 0.6) is 0 Å². The lowest BCUT2D eigenvalue weighted by Gasteiger charge is -2.11. The van der Waals surface area contributed by atoms with Crippen molar-refractivity contribution < 1.29 is 4.42 Å². The first kappa shape index (κ1) is 13.9. The van der Waals surface area contributed by atoms with Crippen molar-refractivity contribution in [2.24, 2.45) is 5.11 Å². The van der Waals surface area contributed by atoms with E-state index in [9.17, 15) is 4.79 Å². The Morgan fingerprint density at radius 1 is 1.14 bits per heavy atom. The largest absolute Gasteiger partial charge is 0.464 e. The molecule has 0 amide bonds. The van der Waals surface area contributed by atoms with Crippen molar-refractivity contribution in [3.8, 4) is 0 Å². The van der Waals surface area contributed by atoms with Gasteiger partial charge in [-0.05, 0) is 30.2 Å². The van der Waals surface area contributed by atoms with Crippen molar-refractivity contribution in [2.45, 2.75) is 13.0 Å². The summed E-state index contributed by atoms with van der Waals surface area (Å²) in [5, 5.41) is 4.26. The highest BCUT2D eigenvalue weighted by molar-refractivity contribution is 5.76. The van der Waals surface area contributed by atoms with Crippen molar-refractivity contribution in [1.29, 1.82) is 0 Å². The first-order valence-electron chi connectivity index (χ1n) is 6.82. The maximum absolute atomic E-state index is 12.6. The maximum Gasteiger partial charge on any atom is 0.196 e. The Kier molecular flexibility index (Phi) is 3.64. The average molecular weight is 291 g/mol. The Morgan fingerprint density at radius 2 is 1.86 bits per heavy atom. The van der Waals surface area contributed by atoms with Crippen LogP contribution in [0, 0.1) is 6.92 Å². The molecule has 0 fully saturated rings. The Balaban J connectivity index is 2.21. The number of benzene rings is 2. The fourth-order valence-electron chi connectivity index (χ4n) is 2.39. The average Bonchev–Trinajstić information content (AvgIpc) is 2.55. The molecule has 0 spiro atoms. The van der Waals surface area contributed by atoms with Crippen molar-refractivity contribution in [2.75, 3.05) is 0 Å². The molecule has 2 aromatic carbocycles. The zero-order valence-electron chi connectivity index (χ0n) is 11.9. The third-order valence-electron chi connectivity index (χ3n) is 3.56. The van der Waals surface area contributed by atoms with Gasteiger partial charge < -0.3 is 4.42 Å². The minimum Gasteiger partial charge on any atom is -0.464 e. The fourth-order valence-corrected chi connectivity index (χ4v) is 2.39. The molecule has 22 heavy (non-hydrogen) atoms. The van der Waals surface area contributed by atoms with Gasteiger partial charge in [0.2, 0.25) is 0 Å². The van der Waals surface area contributed by atoms with Crippen molar-refractivity contribution in [3.05, 3.63) is 92.2 Å². The molecule has 3 aromatic rings. The monoisotopic (exact) mass is 291 g/mol. The van der Waals surface area contributed by atoms with Gasteiger partial charge in [-0.15, -0.1) is 0 Å². The van der Waals surface area contributed by atoms with Crippen LogP contribution >= 0.6 is 0 Å². The maximum atomic E-state index is 12.6. The van der Waals surface area contributed by atoms with Gasteiger partial charge in [-0.25, -0.2) is 0 Å². The molecular weight excluding hydrogens is 278 g/mol. The normalized spacial score (nSPS) is 11.9. The second-order valence-corrected chi connectivity index (χ2v) is 5.03. The highest BCUT2D eigenvalue weighted by atomic mass is 16.3. The van der Waals surface area contributed by atoms with Crippen LogP contribution in [-0.4, -0.2) is 0 Å². The summed E-state index contributed by atoms with van der Waals surface area (Å²) in [5.41, 5.74) is 11.4. The molecule has 108 valence electrons. The molecule has 5 nitrogen and oxygen atoms in total. The van der Waals surface area contributed by atoms with Crippen LogP contribution in [0.15, 0.2) is 69.1 Å². The number of fused-ring (bicyclic) bond motifs is 1. The molecule has 0 radical (unpaired) electrons. The van der Waals surface area contributed by atoms with Crippen LogP contribution in [0.3, 0.4) is 0 Å². The van der Waals surface area contributed by atoms with Crippen LogP contribution in [0.2, 0.25) is 0 Å². The van der Waals surface area contributed by atoms with Gasteiger partial charge in [-0.3, -0.25) is 4.79 Å². The number of hydrogen-bond acceptors (Lipinski definition) is 3. The number of hydrogen-bond donors (Lipinski definition) is 0. The highest BCUT2D eigenvalue weighted by Gasteiger charge is 2.18. The highest BCUT2D eigenvalue weighted by Crippen LogP contribution is 2.26. The number of rotatable bonds is 3. The summed E-state index contributed by atoms with van der Waals surface area (Å²) in [7, 11) is 0.